The number of hydrogen-bond donors (Lipinski definition) is 2. The first kappa shape index (κ1) is 21.5. The maximum absolute atomic E-state index is 10.7. The average molecular weight is 451 g/mol. The van der Waals surface area contributed by atoms with Crippen LogP contribution >= 0.6 is 39.9 Å². The monoisotopic (exact) mass is 449 g/mol. The minimum Gasteiger partial charge on any atom is -0.496 e. The maximum atomic E-state index is 10.7. The zero-order valence-corrected chi connectivity index (χ0v) is 16.6. The molecule has 6 nitrogen and oxygen atoms in total. The van der Waals surface area contributed by atoms with Crippen LogP contribution < -0.4 is 15.4 Å². The van der Waals surface area contributed by atoms with E-state index in [0.717, 1.165) is 15.8 Å². The SMILES string of the molecule is COc1ccc(Br)cc1CNCCNc1ccc([N+](=O)[O-])cc1Cl.Cl. The summed E-state index contributed by atoms with van der Waals surface area (Å²) in [5, 5.41) is 17.5. The van der Waals surface area contributed by atoms with Crippen molar-refractivity contribution in [3.05, 3.63) is 61.6 Å². The number of hydrogen-bond acceptors (Lipinski definition) is 5. The van der Waals surface area contributed by atoms with Crippen LogP contribution in [0.25, 0.3) is 0 Å². The van der Waals surface area contributed by atoms with Gasteiger partial charge < -0.3 is 15.4 Å². The molecule has 0 aliphatic rings. The molecule has 0 atom stereocenters. The number of nitro groups is 1. The van der Waals surface area contributed by atoms with Gasteiger partial charge in [0, 0.05) is 41.8 Å². The second-order valence-corrected chi connectivity index (χ2v) is 6.30. The fourth-order valence-corrected chi connectivity index (χ4v) is 2.80. The van der Waals surface area contributed by atoms with Crippen LogP contribution in [0.4, 0.5) is 11.4 Å². The molecule has 0 aliphatic carbocycles. The third-order valence-electron chi connectivity index (χ3n) is 3.34. The van der Waals surface area contributed by atoms with Crippen molar-refractivity contribution in [2.24, 2.45) is 0 Å². The van der Waals surface area contributed by atoms with Gasteiger partial charge in [0.15, 0.2) is 0 Å². The molecule has 2 aromatic carbocycles. The molecule has 0 saturated heterocycles. The molecular formula is C16H18BrCl2N3O3. The Morgan fingerprint density at radius 1 is 1.24 bits per heavy atom. The Morgan fingerprint density at radius 2 is 2.00 bits per heavy atom. The van der Waals surface area contributed by atoms with E-state index in [2.05, 4.69) is 26.6 Å². The lowest BCUT2D eigenvalue weighted by Crippen LogP contribution is -2.22. The van der Waals surface area contributed by atoms with E-state index in [1.54, 1.807) is 13.2 Å². The van der Waals surface area contributed by atoms with Gasteiger partial charge in [0.25, 0.3) is 5.69 Å². The minimum atomic E-state index is -0.470. The molecule has 0 aromatic heterocycles. The van der Waals surface area contributed by atoms with Crippen molar-refractivity contribution in [1.82, 2.24) is 5.32 Å². The standard InChI is InChI=1S/C16H17BrClN3O3.ClH/c1-24-16-5-2-12(17)8-11(16)10-19-6-7-20-15-4-3-13(21(22)23)9-14(15)18;/h2-5,8-9,19-20H,6-7,10H2,1H3;1H. The number of methoxy groups -OCH3 is 1. The van der Waals surface area contributed by atoms with Crippen LogP contribution in [0.1, 0.15) is 5.56 Å². The smallest absolute Gasteiger partial charge is 0.271 e. The molecule has 2 rings (SSSR count). The zero-order valence-electron chi connectivity index (χ0n) is 13.4. The van der Waals surface area contributed by atoms with Crippen LogP contribution in [0, 0.1) is 10.1 Å². The molecule has 0 spiro atoms. The van der Waals surface area contributed by atoms with Gasteiger partial charge in [-0.25, -0.2) is 0 Å². The molecule has 0 fully saturated rings. The van der Waals surface area contributed by atoms with Crippen LogP contribution in [-0.2, 0) is 6.54 Å². The lowest BCUT2D eigenvalue weighted by Gasteiger charge is -2.11. The van der Waals surface area contributed by atoms with E-state index in [1.165, 1.54) is 12.1 Å². The molecule has 9 heteroatoms. The third kappa shape index (κ3) is 6.36. The van der Waals surface area contributed by atoms with Gasteiger partial charge in [-0.2, -0.15) is 0 Å². The van der Waals surface area contributed by atoms with Crippen LogP contribution in [0.15, 0.2) is 40.9 Å². The van der Waals surface area contributed by atoms with E-state index in [4.69, 9.17) is 16.3 Å². The highest BCUT2D eigenvalue weighted by Gasteiger charge is 2.09. The summed E-state index contributed by atoms with van der Waals surface area (Å²) in [4.78, 5) is 10.2. The first-order valence-corrected chi connectivity index (χ1v) is 8.39. The molecule has 0 radical (unpaired) electrons. The largest absolute Gasteiger partial charge is 0.496 e. The van der Waals surface area contributed by atoms with E-state index < -0.39 is 4.92 Å². The molecule has 0 heterocycles. The number of halogens is 3. The summed E-state index contributed by atoms with van der Waals surface area (Å²) in [5.74, 6) is 0.831. The quantitative estimate of drug-likeness (QED) is 0.348. The minimum absolute atomic E-state index is 0. The summed E-state index contributed by atoms with van der Waals surface area (Å²) in [7, 11) is 1.64. The zero-order chi connectivity index (χ0) is 17.5. The van der Waals surface area contributed by atoms with E-state index in [1.807, 2.05) is 18.2 Å². The molecule has 25 heavy (non-hydrogen) atoms. The third-order valence-corrected chi connectivity index (χ3v) is 4.14. The Bertz CT molecular complexity index is 732. The van der Waals surface area contributed by atoms with Gasteiger partial charge in [-0.3, -0.25) is 10.1 Å². The lowest BCUT2D eigenvalue weighted by atomic mass is 10.2. The maximum Gasteiger partial charge on any atom is 0.271 e. The van der Waals surface area contributed by atoms with Gasteiger partial charge in [0.2, 0.25) is 0 Å². The lowest BCUT2D eigenvalue weighted by molar-refractivity contribution is -0.384. The Labute approximate surface area is 165 Å². The van der Waals surface area contributed by atoms with Gasteiger partial charge >= 0.3 is 0 Å². The summed E-state index contributed by atoms with van der Waals surface area (Å²) in [6, 6.07) is 10.2. The summed E-state index contributed by atoms with van der Waals surface area (Å²) in [6.45, 7) is 2.00. The van der Waals surface area contributed by atoms with E-state index in [-0.39, 0.29) is 18.1 Å². The van der Waals surface area contributed by atoms with Crippen molar-refractivity contribution in [2.45, 2.75) is 6.54 Å². The van der Waals surface area contributed by atoms with Gasteiger partial charge in [-0.1, -0.05) is 27.5 Å². The molecule has 0 unspecified atom stereocenters. The Morgan fingerprint density at radius 3 is 2.64 bits per heavy atom. The average Bonchev–Trinajstić information content (AvgIpc) is 2.55. The van der Waals surface area contributed by atoms with Crippen LogP contribution in [0.2, 0.25) is 5.02 Å². The van der Waals surface area contributed by atoms with Crippen molar-refractivity contribution in [3.8, 4) is 5.75 Å². The number of anilines is 1. The summed E-state index contributed by atoms with van der Waals surface area (Å²) < 4.78 is 6.32. The van der Waals surface area contributed by atoms with Gasteiger partial charge in [0.1, 0.15) is 5.75 Å². The van der Waals surface area contributed by atoms with Gasteiger partial charge in [0.05, 0.1) is 22.7 Å². The molecule has 2 aromatic rings. The molecule has 0 amide bonds. The second kappa shape index (κ2) is 10.5. The van der Waals surface area contributed by atoms with Crippen molar-refractivity contribution in [1.29, 1.82) is 0 Å². The highest BCUT2D eigenvalue weighted by molar-refractivity contribution is 9.10. The second-order valence-electron chi connectivity index (χ2n) is 4.98. The highest BCUT2D eigenvalue weighted by atomic mass is 79.9. The Kier molecular flexibility index (Phi) is 8.99. The van der Waals surface area contributed by atoms with Crippen molar-refractivity contribution in [3.63, 3.8) is 0 Å². The Hall–Kier alpha value is -1.54. The van der Waals surface area contributed by atoms with Gasteiger partial charge in [-0.05, 0) is 24.3 Å². The number of nitrogens with one attached hydrogen (secondary N) is 2. The topological polar surface area (TPSA) is 76.4 Å². The number of nitro benzene ring substituents is 1. The number of nitrogens with zero attached hydrogens (tertiary/aromatic N) is 1. The molecular weight excluding hydrogens is 433 g/mol. The number of ether oxygens (including phenoxy) is 1. The first-order chi connectivity index (χ1) is 11.5. The van der Waals surface area contributed by atoms with Crippen molar-refractivity contribution in [2.75, 3.05) is 25.5 Å². The van der Waals surface area contributed by atoms with E-state index in [0.29, 0.717) is 30.3 Å². The van der Waals surface area contributed by atoms with Crippen LogP contribution in [0.3, 0.4) is 0 Å². The van der Waals surface area contributed by atoms with Crippen LogP contribution in [0.5, 0.6) is 5.75 Å². The molecule has 2 N–H and O–H groups in total. The first-order valence-electron chi connectivity index (χ1n) is 7.22. The number of benzene rings is 2. The summed E-state index contributed by atoms with van der Waals surface area (Å²) in [5.41, 5.74) is 1.70. The number of non-ortho nitro benzene ring substituents is 1. The molecule has 136 valence electrons. The highest BCUT2D eigenvalue weighted by Crippen LogP contribution is 2.26. The normalized spacial score (nSPS) is 10.0. The van der Waals surface area contributed by atoms with Crippen LogP contribution in [-0.4, -0.2) is 25.1 Å². The van der Waals surface area contributed by atoms with Crippen molar-refractivity contribution >= 4 is 51.3 Å². The molecule has 0 aliphatic heterocycles. The summed E-state index contributed by atoms with van der Waals surface area (Å²) in [6.07, 6.45) is 0. The predicted octanol–water partition coefficient (Wildman–Crippen LogP) is 4.64. The fourth-order valence-electron chi connectivity index (χ4n) is 2.15. The molecule has 0 bridgehead atoms. The molecule has 0 saturated carbocycles. The van der Waals surface area contributed by atoms with E-state index >= 15 is 0 Å². The van der Waals surface area contributed by atoms with E-state index in [9.17, 15) is 10.1 Å². The Balaban J connectivity index is 0.00000312. The van der Waals surface area contributed by atoms with Gasteiger partial charge in [-0.15, -0.1) is 12.4 Å². The fraction of sp³-hybridized carbons (Fsp3) is 0.250. The predicted molar refractivity (Wildman–Crippen MR) is 106 cm³/mol. The summed E-state index contributed by atoms with van der Waals surface area (Å²) >= 11 is 9.47. The number of rotatable bonds is 8. The van der Waals surface area contributed by atoms with Crippen molar-refractivity contribution < 1.29 is 9.66 Å².